The second-order valence-electron chi connectivity index (χ2n) is 5.60. The normalized spacial score (nSPS) is 17.7. The largest absolute Gasteiger partial charge is 0.464 e. The molecule has 0 saturated carbocycles. The van der Waals surface area contributed by atoms with Gasteiger partial charge in [-0.25, -0.2) is 4.79 Å². The highest BCUT2D eigenvalue weighted by Crippen LogP contribution is 2.24. The molecule has 22 heavy (non-hydrogen) atoms. The van der Waals surface area contributed by atoms with Crippen molar-refractivity contribution in [3.63, 3.8) is 0 Å². The Bertz CT molecular complexity index is 652. The van der Waals surface area contributed by atoms with Gasteiger partial charge < -0.3 is 9.64 Å². The van der Waals surface area contributed by atoms with Gasteiger partial charge in [0.1, 0.15) is 0 Å². The fourth-order valence-electron chi connectivity index (χ4n) is 2.83. The van der Waals surface area contributed by atoms with Gasteiger partial charge in [-0.3, -0.25) is 4.68 Å². The molecule has 7 heteroatoms. The molecule has 1 aliphatic rings. The van der Waals surface area contributed by atoms with Crippen LogP contribution in [0.5, 0.6) is 0 Å². The first-order chi connectivity index (χ1) is 10.7. The summed E-state index contributed by atoms with van der Waals surface area (Å²) in [6.07, 6.45) is 6.13. The van der Waals surface area contributed by atoms with Gasteiger partial charge in [0.25, 0.3) is 0 Å². The van der Waals surface area contributed by atoms with E-state index in [1.54, 1.807) is 6.07 Å². The lowest BCUT2D eigenvalue weighted by atomic mass is 10.0. The molecule has 0 radical (unpaired) electrons. The maximum atomic E-state index is 11.4. The third kappa shape index (κ3) is 3.08. The summed E-state index contributed by atoms with van der Waals surface area (Å²) < 4.78 is 6.46. The van der Waals surface area contributed by atoms with Gasteiger partial charge >= 0.3 is 5.97 Å². The van der Waals surface area contributed by atoms with Crippen LogP contribution in [0.1, 0.15) is 22.5 Å². The molecule has 1 aliphatic heterocycles. The van der Waals surface area contributed by atoms with Crippen molar-refractivity contribution in [1.29, 1.82) is 0 Å². The minimum absolute atomic E-state index is 0.234. The van der Waals surface area contributed by atoms with Crippen molar-refractivity contribution in [1.82, 2.24) is 20.0 Å². The first-order valence-electron chi connectivity index (χ1n) is 7.30. The van der Waals surface area contributed by atoms with E-state index in [4.69, 9.17) is 0 Å². The van der Waals surface area contributed by atoms with Gasteiger partial charge in [-0.2, -0.15) is 5.10 Å². The summed E-state index contributed by atoms with van der Waals surface area (Å²) >= 11 is 0. The lowest BCUT2D eigenvalue weighted by Crippen LogP contribution is -2.22. The second-order valence-corrected chi connectivity index (χ2v) is 5.60. The first kappa shape index (κ1) is 14.5. The van der Waals surface area contributed by atoms with Crippen LogP contribution < -0.4 is 4.90 Å². The summed E-state index contributed by atoms with van der Waals surface area (Å²) in [5.74, 6) is 0.933. The number of ether oxygens (including phenoxy) is 1. The van der Waals surface area contributed by atoms with Gasteiger partial charge in [-0.05, 0) is 36.5 Å². The maximum absolute atomic E-state index is 11.4. The molecule has 0 amide bonds. The fourth-order valence-corrected chi connectivity index (χ4v) is 2.83. The summed E-state index contributed by atoms with van der Waals surface area (Å²) in [5, 5.41) is 12.3. The van der Waals surface area contributed by atoms with Crippen LogP contribution >= 0.6 is 0 Å². The maximum Gasteiger partial charge on any atom is 0.358 e. The smallest absolute Gasteiger partial charge is 0.358 e. The van der Waals surface area contributed by atoms with E-state index in [0.717, 1.165) is 31.7 Å². The molecule has 0 bridgehead atoms. The van der Waals surface area contributed by atoms with Crippen molar-refractivity contribution in [2.24, 2.45) is 13.0 Å². The van der Waals surface area contributed by atoms with Crippen LogP contribution in [-0.2, 0) is 18.2 Å². The van der Waals surface area contributed by atoms with E-state index >= 15 is 0 Å². The van der Waals surface area contributed by atoms with E-state index in [2.05, 4.69) is 31.1 Å². The quantitative estimate of drug-likeness (QED) is 0.786. The first-order valence-corrected chi connectivity index (χ1v) is 7.30. The zero-order valence-corrected chi connectivity index (χ0v) is 12.8. The minimum Gasteiger partial charge on any atom is -0.464 e. The standard InChI is InChI=1S/C15H19N5O2/c1-19-9-12(8-16-19)7-11-5-6-20(10-11)14-4-3-13(17-18-14)15(21)22-2/h3-4,8-9,11H,5-7,10H2,1-2H3. The SMILES string of the molecule is COC(=O)c1ccc(N2CCC(Cc3cnn(C)c3)C2)nn1. The topological polar surface area (TPSA) is 73.1 Å². The molecule has 0 aromatic carbocycles. The Morgan fingerprint density at radius 1 is 1.41 bits per heavy atom. The molecule has 0 N–H and O–H groups in total. The molecule has 3 heterocycles. The lowest BCUT2D eigenvalue weighted by molar-refractivity contribution is 0.0592. The number of aryl methyl sites for hydroxylation is 1. The van der Waals surface area contributed by atoms with Crippen LogP contribution in [-0.4, -0.2) is 46.1 Å². The third-order valence-electron chi connectivity index (χ3n) is 3.94. The highest BCUT2D eigenvalue weighted by Gasteiger charge is 2.24. The Kier molecular flexibility index (Phi) is 4.04. The van der Waals surface area contributed by atoms with Gasteiger partial charge in [0.15, 0.2) is 11.5 Å². The van der Waals surface area contributed by atoms with E-state index in [9.17, 15) is 4.79 Å². The van der Waals surface area contributed by atoms with Crippen LogP contribution in [0.2, 0.25) is 0 Å². The minimum atomic E-state index is -0.463. The predicted molar refractivity (Wildman–Crippen MR) is 80.6 cm³/mol. The second kappa shape index (κ2) is 6.13. The predicted octanol–water partition coefficient (Wildman–Crippen LogP) is 1.07. The Labute approximate surface area is 128 Å². The summed E-state index contributed by atoms with van der Waals surface area (Å²) in [5.41, 5.74) is 1.50. The van der Waals surface area contributed by atoms with Crippen molar-refractivity contribution >= 4 is 11.8 Å². The monoisotopic (exact) mass is 301 g/mol. The number of rotatable bonds is 4. The van der Waals surface area contributed by atoms with Crippen molar-refractivity contribution in [3.05, 3.63) is 35.8 Å². The molecule has 1 fully saturated rings. The molecule has 0 spiro atoms. The van der Waals surface area contributed by atoms with Gasteiger partial charge in [0.05, 0.1) is 13.3 Å². The van der Waals surface area contributed by atoms with Crippen molar-refractivity contribution in [2.75, 3.05) is 25.1 Å². The lowest BCUT2D eigenvalue weighted by Gasteiger charge is -2.16. The van der Waals surface area contributed by atoms with Crippen molar-refractivity contribution in [2.45, 2.75) is 12.8 Å². The van der Waals surface area contributed by atoms with E-state index in [1.807, 2.05) is 24.0 Å². The van der Waals surface area contributed by atoms with Crippen LogP contribution in [0, 0.1) is 5.92 Å². The number of esters is 1. The number of hydrogen-bond donors (Lipinski definition) is 0. The number of anilines is 1. The Morgan fingerprint density at radius 3 is 2.91 bits per heavy atom. The summed E-state index contributed by atoms with van der Waals surface area (Å²) in [6, 6.07) is 3.48. The zero-order chi connectivity index (χ0) is 15.5. The van der Waals surface area contributed by atoms with E-state index in [0.29, 0.717) is 5.92 Å². The summed E-state index contributed by atoms with van der Waals surface area (Å²) in [4.78, 5) is 13.6. The average Bonchev–Trinajstić information content (AvgIpc) is 3.16. The highest BCUT2D eigenvalue weighted by molar-refractivity contribution is 5.86. The van der Waals surface area contributed by atoms with Crippen LogP contribution in [0.3, 0.4) is 0 Å². The molecular formula is C15H19N5O2. The van der Waals surface area contributed by atoms with E-state index < -0.39 is 5.97 Å². The molecule has 0 aliphatic carbocycles. The number of nitrogens with zero attached hydrogens (tertiary/aromatic N) is 5. The third-order valence-corrected chi connectivity index (χ3v) is 3.94. The van der Waals surface area contributed by atoms with Crippen molar-refractivity contribution < 1.29 is 9.53 Å². The summed E-state index contributed by atoms with van der Waals surface area (Å²) in [6.45, 7) is 1.90. The number of methoxy groups -OCH3 is 1. The zero-order valence-electron chi connectivity index (χ0n) is 12.8. The Hall–Kier alpha value is -2.44. The Morgan fingerprint density at radius 2 is 2.27 bits per heavy atom. The average molecular weight is 301 g/mol. The molecule has 2 aromatic rings. The van der Waals surface area contributed by atoms with Crippen LogP contribution in [0.4, 0.5) is 5.82 Å². The molecule has 2 aromatic heterocycles. The van der Waals surface area contributed by atoms with Gasteiger partial charge in [-0.15, -0.1) is 10.2 Å². The van der Waals surface area contributed by atoms with Crippen LogP contribution in [0.15, 0.2) is 24.5 Å². The molecule has 116 valence electrons. The van der Waals surface area contributed by atoms with E-state index in [-0.39, 0.29) is 5.69 Å². The molecule has 1 atom stereocenters. The molecular weight excluding hydrogens is 282 g/mol. The number of hydrogen-bond acceptors (Lipinski definition) is 6. The van der Waals surface area contributed by atoms with Gasteiger partial charge in [-0.1, -0.05) is 0 Å². The van der Waals surface area contributed by atoms with Gasteiger partial charge in [0, 0.05) is 26.3 Å². The molecule has 1 unspecified atom stereocenters. The molecule has 1 saturated heterocycles. The van der Waals surface area contributed by atoms with Gasteiger partial charge in [0.2, 0.25) is 0 Å². The number of aromatic nitrogens is 4. The molecule has 3 rings (SSSR count). The van der Waals surface area contributed by atoms with Crippen molar-refractivity contribution in [3.8, 4) is 0 Å². The Balaban J connectivity index is 1.61. The highest BCUT2D eigenvalue weighted by atomic mass is 16.5. The fraction of sp³-hybridized carbons (Fsp3) is 0.467. The number of carbonyl (C=O) groups is 1. The summed E-state index contributed by atoms with van der Waals surface area (Å²) in [7, 11) is 3.27. The molecule has 7 nitrogen and oxygen atoms in total. The number of carbonyl (C=O) groups excluding carboxylic acids is 1. The van der Waals surface area contributed by atoms with Crippen LogP contribution in [0.25, 0.3) is 0 Å². The van der Waals surface area contributed by atoms with E-state index in [1.165, 1.54) is 12.7 Å².